The van der Waals surface area contributed by atoms with Crippen molar-refractivity contribution in [3.05, 3.63) is 71.0 Å². The molecule has 2 aromatic carbocycles. The molecule has 40 heavy (non-hydrogen) atoms. The first-order chi connectivity index (χ1) is 19.2. The van der Waals surface area contributed by atoms with Crippen LogP contribution in [0.25, 0.3) is 0 Å². The van der Waals surface area contributed by atoms with Crippen LogP contribution in [0.3, 0.4) is 0 Å². The van der Waals surface area contributed by atoms with Crippen LogP contribution in [0.5, 0.6) is 0 Å². The molecule has 2 aromatic rings. The molecule has 0 spiro atoms. The molecule has 2 heterocycles. The van der Waals surface area contributed by atoms with Gasteiger partial charge in [-0.05, 0) is 28.7 Å². The molecule has 2 aliphatic rings. The zero-order valence-corrected chi connectivity index (χ0v) is 22.8. The van der Waals surface area contributed by atoms with E-state index in [9.17, 15) is 18.4 Å². The summed E-state index contributed by atoms with van der Waals surface area (Å²) in [5.41, 5.74) is 1.70. The molecule has 2 aliphatic heterocycles. The van der Waals surface area contributed by atoms with E-state index in [4.69, 9.17) is 16.0 Å². The van der Waals surface area contributed by atoms with E-state index < -0.39 is 30.1 Å². The lowest BCUT2D eigenvalue weighted by Crippen LogP contribution is -2.49. The molecule has 9 nitrogen and oxygen atoms in total. The fraction of sp³-hybridized carbons (Fsp3) is 0.448. The van der Waals surface area contributed by atoms with Crippen molar-refractivity contribution in [2.24, 2.45) is 10.9 Å². The van der Waals surface area contributed by atoms with Gasteiger partial charge >= 0.3 is 0 Å². The second-order valence-corrected chi connectivity index (χ2v) is 10.4. The van der Waals surface area contributed by atoms with Gasteiger partial charge in [0, 0.05) is 19.5 Å². The van der Waals surface area contributed by atoms with Gasteiger partial charge in [-0.3, -0.25) is 9.59 Å². The summed E-state index contributed by atoms with van der Waals surface area (Å²) in [6.45, 7) is 5.40. The van der Waals surface area contributed by atoms with E-state index in [1.807, 2.05) is 44.2 Å². The average molecular weight is 555 g/mol. The van der Waals surface area contributed by atoms with Crippen LogP contribution in [0.1, 0.15) is 55.3 Å². The smallest absolute Gasteiger partial charge is 0.243 e. The summed E-state index contributed by atoms with van der Waals surface area (Å²) in [5.74, 6) is 4.19. The maximum atomic E-state index is 14.9. The first kappa shape index (κ1) is 29.1. The van der Waals surface area contributed by atoms with Gasteiger partial charge in [0.25, 0.3) is 0 Å². The van der Waals surface area contributed by atoms with Crippen LogP contribution < -0.4 is 11.2 Å². The summed E-state index contributed by atoms with van der Waals surface area (Å²) in [6.07, 6.45) is -1.95. The normalized spacial score (nSPS) is 20.5. The molecule has 2 fully saturated rings. The SMILES string of the molecule is CC(C)c1ccc([C@@H](NC(=O)[C@@H]2C[C@@H](F)CN2C(=O)CC(=N)C(=NN)N2CCOCC2)c2ccccc2)cc1F. The van der Waals surface area contributed by atoms with Gasteiger partial charge in [0.1, 0.15) is 18.0 Å². The fourth-order valence-corrected chi connectivity index (χ4v) is 5.20. The van der Waals surface area contributed by atoms with Gasteiger partial charge in [-0.25, -0.2) is 8.78 Å². The molecule has 0 radical (unpaired) electrons. The Hall–Kier alpha value is -3.86. The lowest BCUT2D eigenvalue weighted by Gasteiger charge is -2.30. The van der Waals surface area contributed by atoms with Crippen LogP contribution in [0, 0.1) is 11.2 Å². The van der Waals surface area contributed by atoms with Crippen molar-refractivity contribution in [3.8, 4) is 0 Å². The van der Waals surface area contributed by atoms with Crippen molar-refractivity contribution in [1.82, 2.24) is 15.1 Å². The number of hydrogen-bond acceptors (Lipinski definition) is 6. The summed E-state index contributed by atoms with van der Waals surface area (Å²) >= 11 is 0. The van der Waals surface area contributed by atoms with E-state index in [1.54, 1.807) is 17.0 Å². The molecule has 0 bridgehead atoms. The monoisotopic (exact) mass is 554 g/mol. The zero-order valence-electron chi connectivity index (χ0n) is 22.8. The van der Waals surface area contributed by atoms with Crippen molar-refractivity contribution in [2.75, 3.05) is 32.8 Å². The Morgan fingerprint density at radius 2 is 1.85 bits per heavy atom. The van der Waals surface area contributed by atoms with Gasteiger partial charge in [0.05, 0.1) is 37.9 Å². The molecule has 0 aromatic heterocycles. The number of ether oxygens (including phenoxy) is 1. The zero-order chi connectivity index (χ0) is 28.8. The topological polar surface area (TPSA) is 124 Å². The minimum Gasteiger partial charge on any atom is -0.378 e. The highest BCUT2D eigenvalue weighted by molar-refractivity contribution is 6.42. The number of halogens is 2. The van der Waals surface area contributed by atoms with Gasteiger partial charge < -0.3 is 31.1 Å². The first-order valence-electron chi connectivity index (χ1n) is 13.5. The largest absolute Gasteiger partial charge is 0.378 e. The number of benzene rings is 2. The summed E-state index contributed by atoms with van der Waals surface area (Å²) in [6, 6.07) is 12.2. The lowest BCUT2D eigenvalue weighted by atomic mass is 9.94. The molecule has 4 rings (SSSR count). The third kappa shape index (κ3) is 6.64. The molecular weight excluding hydrogens is 518 g/mol. The van der Waals surface area contributed by atoms with Crippen molar-refractivity contribution < 1.29 is 23.1 Å². The lowest BCUT2D eigenvalue weighted by molar-refractivity contribution is -0.137. The van der Waals surface area contributed by atoms with Crippen molar-refractivity contribution >= 4 is 23.4 Å². The van der Waals surface area contributed by atoms with E-state index in [1.165, 1.54) is 11.0 Å². The molecule has 2 saturated heterocycles. The Morgan fingerprint density at radius 1 is 1.15 bits per heavy atom. The van der Waals surface area contributed by atoms with Crippen LogP contribution in [-0.4, -0.2) is 78.2 Å². The molecular formula is C29H36F2N6O3. The van der Waals surface area contributed by atoms with Gasteiger partial charge in [0.2, 0.25) is 11.8 Å². The van der Waals surface area contributed by atoms with E-state index >= 15 is 0 Å². The standard InChI is InChI=1S/C29H36F2N6O3/c1-18(2)22-9-8-20(14-23(22)31)27(19-6-4-3-5-7-19)34-29(39)25-15-21(30)17-37(25)26(38)16-24(32)28(35-33)36-10-12-40-13-11-36/h3-9,14,18,21,25,27,32H,10-13,15-17,33H2,1-2H3,(H,34,39)/t21-,25+,27+/m1/s1. The van der Waals surface area contributed by atoms with Crippen LogP contribution in [-0.2, 0) is 14.3 Å². The number of carbonyl (C=O) groups is 2. The van der Waals surface area contributed by atoms with Crippen LogP contribution in [0.2, 0.25) is 0 Å². The molecule has 4 N–H and O–H groups in total. The van der Waals surface area contributed by atoms with Crippen molar-refractivity contribution in [3.63, 3.8) is 0 Å². The number of amides is 2. The quantitative estimate of drug-likeness (QED) is 0.200. The van der Waals surface area contributed by atoms with Crippen LogP contribution >= 0.6 is 0 Å². The second kappa shape index (κ2) is 13.0. The highest BCUT2D eigenvalue weighted by Gasteiger charge is 2.41. The number of nitrogens with one attached hydrogen (secondary N) is 2. The minimum absolute atomic E-state index is 0.00910. The summed E-state index contributed by atoms with van der Waals surface area (Å²) in [4.78, 5) is 29.7. The van der Waals surface area contributed by atoms with E-state index in [0.717, 1.165) is 5.56 Å². The third-order valence-corrected chi connectivity index (χ3v) is 7.30. The number of carbonyl (C=O) groups excluding carboxylic acids is 2. The Labute approximate surface area is 232 Å². The van der Waals surface area contributed by atoms with E-state index in [-0.39, 0.29) is 42.7 Å². The summed E-state index contributed by atoms with van der Waals surface area (Å²) in [7, 11) is 0. The van der Waals surface area contributed by atoms with E-state index in [2.05, 4.69) is 10.4 Å². The molecule has 0 aliphatic carbocycles. The third-order valence-electron chi connectivity index (χ3n) is 7.30. The Balaban J connectivity index is 1.52. The number of morpholine rings is 1. The Bertz CT molecular complexity index is 1250. The maximum Gasteiger partial charge on any atom is 0.243 e. The number of nitrogens with zero attached hydrogens (tertiary/aromatic N) is 3. The van der Waals surface area contributed by atoms with Crippen molar-refractivity contribution in [1.29, 1.82) is 5.41 Å². The Morgan fingerprint density at radius 3 is 2.48 bits per heavy atom. The minimum atomic E-state index is -1.39. The number of alkyl halides is 1. The predicted octanol–water partition coefficient (Wildman–Crippen LogP) is 3.11. The number of rotatable bonds is 8. The molecule has 3 atom stereocenters. The van der Waals surface area contributed by atoms with Gasteiger partial charge in [-0.1, -0.05) is 56.3 Å². The van der Waals surface area contributed by atoms with Crippen LogP contribution in [0.4, 0.5) is 8.78 Å². The molecule has 11 heteroatoms. The highest BCUT2D eigenvalue weighted by Crippen LogP contribution is 2.28. The molecule has 2 amide bonds. The van der Waals surface area contributed by atoms with Gasteiger partial charge in [-0.15, -0.1) is 0 Å². The summed E-state index contributed by atoms with van der Waals surface area (Å²) < 4.78 is 34.8. The number of nitrogens with two attached hydrogens (primary N) is 1. The average Bonchev–Trinajstić information content (AvgIpc) is 3.35. The Kier molecular flexibility index (Phi) is 9.46. The second-order valence-electron chi connectivity index (χ2n) is 10.4. The molecule has 0 saturated carbocycles. The van der Waals surface area contributed by atoms with Crippen LogP contribution in [0.15, 0.2) is 53.6 Å². The number of hydrazone groups is 1. The first-order valence-corrected chi connectivity index (χ1v) is 13.5. The number of hydrogen-bond donors (Lipinski definition) is 3. The van der Waals surface area contributed by atoms with E-state index in [0.29, 0.717) is 37.4 Å². The fourth-order valence-electron chi connectivity index (χ4n) is 5.20. The predicted molar refractivity (Wildman–Crippen MR) is 148 cm³/mol. The number of likely N-dealkylation sites (tertiary alicyclic amines) is 1. The summed E-state index contributed by atoms with van der Waals surface area (Å²) in [5, 5.41) is 15.1. The number of amidine groups is 1. The van der Waals surface area contributed by atoms with Gasteiger partial charge in [-0.2, -0.15) is 5.10 Å². The maximum absolute atomic E-state index is 14.9. The van der Waals surface area contributed by atoms with Crippen molar-refractivity contribution in [2.45, 2.75) is 50.9 Å². The highest BCUT2D eigenvalue weighted by atomic mass is 19.1. The molecule has 0 unspecified atom stereocenters. The van der Waals surface area contributed by atoms with Gasteiger partial charge in [0.15, 0.2) is 5.84 Å². The molecule has 214 valence electrons.